The summed E-state index contributed by atoms with van der Waals surface area (Å²) in [6.07, 6.45) is 0. The first-order chi connectivity index (χ1) is 9.13. The fraction of sp³-hybridized carbons (Fsp3) is 1.00. The Balaban J connectivity index is 0. The molecule has 0 amide bonds. The molecule has 0 bridgehead atoms. The highest BCUT2D eigenvalue weighted by Crippen LogP contribution is 2.14. The minimum absolute atomic E-state index is 0.285. The summed E-state index contributed by atoms with van der Waals surface area (Å²) in [4.78, 5) is 0. The van der Waals surface area contributed by atoms with E-state index in [1.54, 1.807) is 0 Å². The van der Waals surface area contributed by atoms with Crippen molar-refractivity contribution < 1.29 is 19.2 Å². The zero-order valence-corrected chi connectivity index (χ0v) is 15.2. The van der Waals surface area contributed by atoms with Crippen LogP contribution in [0.15, 0.2) is 0 Å². The van der Waals surface area contributed by atoms with Gasteiger partial charge in [0.2, 0.25) is 0 Å². The summed E-state index contributed by atoms with van der Waals surface area (Å²) in [5.41, 5.74) is 0. The predicted octanol–water partition coefficient (Wildman–Crippen LogP) is 1.71. The van der Waals surface area contributed by atoms with Gasteiger partial charge < -0.3 is 19.2 Å². The number of aliphatic hydroxyl groups is 2. The molecule has 0 saturated carbocycles. The van der Waals surface area contributed by atoms with Gasteiger partial charge in [-0.3, -0.25) is 0 Å². The van der Waals surface area contributed by atoms with Crippen LogP contribution < -0.4 is 0 Å². The number of rotatable bonds is 8. The molecule has 0 aliphatic heterocycles. The third-order valence-corrected chi connectivity index (χ3v) is 5.11. The van der Waals surface area contributed by atoms with Crippen molar-refractivity contribution in [2.24, 2.45) is 0 Å². The van der Waals surface area contributed by atoms with Crippen LogP contribution >= 0.6 is 0 Å². The van der Waals surface area contributed by atoms with Crippen LogP contribution in [-0.4, -0.2) is 84.8 Å². The van der Waals surface area contributed by atoms with Gasteiger partial charge in [-0.2, -0.15) is 0 Å². The standard InChI is InChI=1S/C9H22NO.C7H18NO/c1-8(2)10(5,6-7-11)9(3)4;1-4-8(3,5-2)6-7-9/h8-9,11H,6-7H2,1-5H3;9H,4-7H2,1-3H3/q2*+1. The smallest absolute Gasteiger partial charge is 0.102 e. The van der Waals surface area contributed by atoms with Crippen LogP contribution in [-0.2, 0) is 0 Å². The molecule has 0 unspecified atom stereocenters. The van der Waals surface area contributed by atoms with Gasteiger partial charge in [0.25, 0.3) is 0 Å². The molecule has 0 aliphatic carbocycles. The quantitative estimate of drug-likeness (QED) is 0.669. The molecule has 20 heavy (non-hydrogen) atoms. The summed E-state index contributed by atoms with van der Waals surface area (Å²) in [6.45, 7) is 17.7. The molecule has 2 N–H and O–H groups in total. The van der Waals surface area contributed by atoms with Gasteiger partial charge in [0.15, 0.2) is 0 Å². The van der Waals surface area contributed by atoms with Crippen LogP contribution in [0.5, 0.6) is 0 Å². The highest BCUT2D eigenvalue weighted by atomic mass is 16.3. The second-order valence-electron chi connectivity index (χ2n) is 6.68. The molecule has 0 aromatic rings. The van der Waals surface area contributed by atoms with Crippen molar-refractivity contribution in [3.8, 4) is 0 Å². The maximum Gasteiger partial charge on any atom is 0.102 e. The summed E-state index contributed by atoms with van der Waals surface area (Å²) >= 11 is 0. The first kappa shape index (κ1) is 22.1. The van der Waals surface area contributed by atoms with Gasteiger partial charge in [-0.25, -0.2) is 0 Å². The molecule has 0 saturated heterocycles. The van der Waals surface area contributed by atoms with E-state index in [2.05, 4.69) is 55.6 Å². The van der Waals surface area contributed by atoms with E-state index in [9.17, 15) is 0 Å². The Labute approximate surface area is 127 Å². The number of likely N-dealkylation sites (N-methyl/N-ethyl adjacent to an activating group) is 2. The van der Waals surface area contributed by atoms with Gasteiger partial charge in [0.1, 0.15) is 13.1 Å². The van der Waals surface area contributed by atoms with Crippen LogP contribution in [0.1, 0.15) is 41.5 Å². The topological polar surface area (TPSA) is 40.5 Å². The van der Waals surface area contributed by atoms with Gasteiger partial charge in [-0.05, 0) is 41.5 Å². The molecule has 0 atom stereocenters. The Morgan fingerprint density at radius 3 is 1.20 bits per heavy atom. The van der Waals surface area contributed by atoms with E-state index < -0.39 is 0 Å². The molecule has 0 aliphatic rings. The van der Waals surface area contributed by atoms with Crippen LogP contribution in [0.2, 0.25) is 0 Å². The maximum absolute atomic E-state index is 8.88. The number of hydrogen-bond acceptors (Lipinski definition) is 2. The lowest BCUT2D eigenvalue weighted by Crippen LogP contribution is -2.55. The third-order valence-electron chi connectivity index (χ3n) is 5.11. The van der Waals surface area contributed by atoms with Crippen molar-refractivity contribution >= 4 is 0 Å². The summed E-state index contributed by atoms with van der Waals surface area (Å²) in [6, 6.07) is 1.17. The van der Waals surface area contributed by atoms with E-state index in [1.807, 2.05) is 0 Å². The predicted molar refractivity (Wildman–Crippen MR) is 87.6 cm³/mol. The lowest BCUT2D eigenvalue weighted by atomic mass is 10.1. The van der Waals surface area contributed by atoms with Gasteiger partial charge in [-0.15, -0.1) is 0 Å². The van der Waals surface area contributed by atoms with Gasteiger partial charge >= 0.3 is 0 Å². The van der Waals surface area contributed by atoms with Crippen molar-refractivity contribution in [3.05, 3.63) is 0 Å². The summed E-state index contributed by atoms with van der Waals surface area (Å²) < 4.78 is 1.94. The Morgan fingerprint density at radius 1 is 0.750 bits per heavy atom. The molecule has 0 fully saturated rings. The molecule has 0 radical (unpaired) electrons. The highest BCUT2D eigenvalue weighted by Gasteiger charge is 2.28. The fourth-order valence-corrected chi connectivity index (χ4v) is 2.11. The van der Waals surface area contributed by atoms with Crippen molar-refractivity contribution in [1.29, 1.82) is 0 Å². The summed E-state index contributed by atoms with van der Waals surface area (Å²) in [5, 5.41) is 17.5. The van der Waals surface area contributed by atoms with E-state index in [0.29, 0.717) is 18.7 Å². The number of aliphatic hydroxyl groups excluding tert-OH is 2. The molecular formula is C16H40N2O2+2. The van der Waals surface area contributed by atoms with Crippen LogP contribution in [0.25, 0.3) is 0 Å². The Bertz CT molecular complexity index is 219. The lowest BCUT2D eigenvalue weighted by molar-refractivity contribution is -0.949. The van der Waals surface area contributed by atoms with E-state index in [-0.39, 0.29) is 6.61 Å². The molecule has 0 heterocycles. The average Bonchev–Trinajstić information content (AvgIpc) is 2.39. The van der Waals surface area contributed by atoms with Crippen LogP contribution in [0.4, 0.5) is 0 Å². The zero-order valence-electron chi connectivity index (χ0n) is 15.2. The Kier molecular flexibility index (Phi) is 11.7. The average molecular weight is 293 g/mol. The minimum Gasteiger partial charge on any atom is -0.391 e. The first-order valence-electron chi connectivity index (χ1n) is 8.03. The first-order valence-corrected chi connectivity index (χ1v) is 8.03. The van der Waals surface area contributed by atoms with Gasteiger partial charge in [0, 0.05) is 0 Å². The molecule has 124 valence electrons. The molecular weight excluding hydrogens is 252 g/mol. The summed E-state index contributed by atoms with van der Waals surface area (Å²) in [7, 11) is 4.36. The van der Waals surface area contributed by atoms with Gasteiger partial charge in [-0.1, -0.05) is 0 Å². The summed E-state index contributed by atoms with van der Waals surface area (Å²) in [5.74, 6) is 0. The Hall–Kier alpha value is -0.160. The molecule has 4 heteroatoms. The van der Waals surface area contributed by atoms with E-state index >= 15 is 0 Å². The van der Waals surface area contributed by atoms with Crippen LogP contribution in [0.3, 0.4) is 0 Å². The van der Waals surface area contributed by atoms with Crippen molar-refractivity contribution in [3.63, 3.8) is 0 Å². The molecule has 0 spiro atoms. The van der Waals surface area contributed by atoms with Crippen molar-refractivity contribution in [2.75, 3.05) is 53.5 Å². The largest absolute Gasteiger partial charge is 0.391 e. The number of hydrogen-bond donors (Lipinski definition) is 2. The zero-order chi connectivity index (χ0) is 16.4. The van der Waals surface area contributed by atoms with E-state index in [1.165, 1.54) is 0 Å². The third kappa shape index (κ3) is 7.58. The number of quaternary nitrogens is 2. The van der Waals surface area contributed by atoms with Crippen molar-refractivity contribution in [1.82, 2.24) is 0 Å². The van der Waals surface area contributed by atoms with Crippen molar-refractivity contribution in [2.45, 2.75) is 53.6 Å². The monoisotopic (exact) mass is 292 g/mol. The maximum atomic E-state index is 8.88. The fourth-order valence-electron chi connectivity index (χ4n) is 2.11. The van der Waals surface area contributed by atoms with E-state index in [0.717, 1.165) is 35.1 Å². The molecule has 0 aromatic carbocycles. The number of nitrogens with zero attached hydrogens (tertiary/aromatic N) is 2. The SMILES string of the molecule is CC(C)[N+](C)(CCO)C(C)C.CC[N+](C)(CC)CCO. The minimum atomic E-state index is 0.285. The normalized spacial score (nSPS) is 12.6. The molecule has 4 nitrogen and oxygen atoms in total. The van der Waals surface area contributed by atoms with Gasteiger partial charge in [0.05, 0.1) is 52.5 Å². The van der Waals surface area contributed by atoms with Crippen LogP contribution in [0, 0.1) is 0 Å². The van der Waals surface area contributed by atoms with E-state index in [4.69, 9.17) is 10.2 Å². The second kappa shape index (κ2) is 10.6. The molecule has 0 aromatic heterocycles. The molecule has 0 rings (SSSR count). The lowest BCUT2D eigenvalue weighted by Gasteiger charge is -2.42. The highest BCUT2D eigenvalue weighted by molar-refractivity contribution is 4.49. The Morgan fingerprint density at radius 2 is 1.10 bits per heavy atom. The second-order valence-corrected chi connectivity index (χ2v) is 6.68.